The fourth-order valence-corrected chi connectivity index (χ4v) is 2.75. The molecule has 2 aliphatic carbocycles. The van der Waals surface area contributed by atoms with Crippen LogP contribution in [0.15, 0.2) is 11.1 Å². The highest BCUT2D eigenvalue weighted by atomic mass is 16.5. The first-order chi connectivity index (χ1) is 8.02. The molecule has 0 aromatic heterocycles. The van der Waals surface area contributed by atoms with E-state index in [4.69, 9.17) is 0 Å². The highest BCUT2D eigenvalue weighted by Gasteiger charge is 2.55. The largest absolute Gasteiger partial charge is 0.466 e. The molecular formula is C11H14O6. The van der Waals surface area contributed by atoms with E-state index in [-0.39, 0.29) is 11.1 Å². The third-order valence-corrected chi connectivity index (χ3v) is 3.52. The number of ether oxygens (including phenoxy) is 2. The predicted octanol–water partition coefficient (Wildman–Crippen LogP) is -1.000. The Kier molecular flexibility index (Phi) is 2.92. The summed E-state index contributed by atoms with van der Waals surface area (Å²) in [4.78, 5) is 23.2. The molecule has 17 heavy (non-hydrogen) atoms. The van der Waals surface area contributed by atoms with Crippen LogP contribution in [-0.4, -0.2) is 48.6 Å². The van der Waals surface area contributed by atoms with Gasteiger partial charge in [0.05, 0.1) is 37.6 Å². The monoisotopic (exact) mass is 242 g/mol. The Morgan fingerprint density at radius 3 is 1.65 bits per heavy atom. The van der Waals surface area contributed by atoms with E-state index in [0.29, 0.717) is 6.42 Å². The van der Waals surface area contributed by atoms with Crippen molar-refractivity contribution in [2.75, 3.05) is 14.2 Å². The van der Waals surface area contributed by atoms with Gasteiger partial charge in [-0.1, -0.05) is 0 Å². The van der Waals surface area contributed by atoms with Crippen molar-refractivity contribution in [2.24, 2.45) is 11.8 Å². The molecule has 0 saturated heterocycles. The lowest BCUT2D eigenvalue weighted by atomic mass is 9.87. The van der Waals surface area contributed by atoms with Crippen molar-refractivity contribution in [3.8, 4) is 0 Å². The number of methoxy groups -OCH3 is 2. The van der Waals surface area contributed by atoms with E-state index >= 15 is 0 Å². The minimum atomic E-state index is -1.03. The fraction of sp³-hybridized carbons (Fsp3) is 0.636. The third kappa shape index (κ3) is 1.56. The molecule has 0 radical (unpaired) electrons. The second kappa shape index (κ2) is 4.12. The topological polar surface area (TPSA) is 93.1 Å². The Hall–Kier alpha value is -1.40. The zero-order valence-corrected chi connectivity index (χ0v) is 9.54. The molecule has 4 atom stereocenters. The number of esters is 2. The lowest BCUT2D eigenvalue weighted by molar-refractivity contribution is -0.141. The Bertz CT molecular complexity index is 363. The summed E-state index contributed by atoms with van der Waals surface area (Å²) in [7, 11) is 2.41. The maximum absolute atomic E-state index is 11.6. The first-order valence-electron chi connectivity index (χ1n) is 5.29. The summed E-state index contributed by atoms with van der Waals surface area (Å²) in [5, 5.41) is 19.5. The van der Waals surface area contributed by atoms with Gasteiger partial charge in [-0.15, -0.1) is 0 Å². The second-order valence-corrected chi connectivity index (χ2v) is 4.24. The first kappa shape index (κ1) is 12.1. The standard InChI is InChI=1S/C11H14O6/c1-16-10(14)6-4-3-5(9(13)8(4)12)7(6)11(15)17-2/h4-5,8-9,12-13H,3H2,1-2H3. The molecule has 2 rings (SSSR count). The van der Waals surface area contributed by atoms with Gasteiger partial charge >= 0.3 is 11.9 Å². The van der Waals surface area contributed by atoms with Gasteiger partial charge in [0.25, 0.3) is 0 Å². The Morgan fingerprint density at radius 1 is 1.00 bits per heavy atom. The summed E-state index contributed by atoms with van der Waals surface area (Å²) in [5.41, 5.74) is 0.282. The number of carbonyl (C=O) groups is 2. The van der Waals surface area contributed by atoms with Crippen molar-refractivity contribution in [3.05, 3.63) is 11.1 Å². The maximum Gasteiger partial charge on any atom is 0.334 e. The van der Waals surface area contributed by atoms with Crippen LogP contribution in [0.4, 0.5) is 0 Å². The lowest BCUT2D eigenvalue weighted by Gasteiger charge is -2.25. The summed E-state index contributed by atoms with van der Waals surface area (Å²) in [6.07, 6.45) is -1.68. The Morgan fingerprint density at radius 2 is 1.35 bits per heavy atom. The molecule has 0 aromatic carbocycles. The average Bonchev–Trinajstić information content (AvgIpc) is 2.85. The average molecular weight is 242 g/mol. The van der Waals surface area contributed by atoms with Gasteiger partial charge in [0.15, 0.2) is 0 Å². The zero-order chi connectivity index (χ0) is 12.7. The van der Waals surface area contributed by atoms with Crippen molar-refractivity contribution in [3.63, 3.8) is 0 Å². The van der Waals surface area contributed by atoms with E-state index in [0.717, 1.165) is 0 Å². The van der Waals surface area contributed by atoms with Gasteiger partial charge in [0.1, 0.15) is 0 Å². The molecule has 2 N–H and O–H groups in total. The molecule has 2 aliphatic rings. The summed E-state index contributed by atoms with van der Waals surface area (Å²) < 4.78 is 9.20. The highest BCUT2D eigenvalue weighted by molar-refractivity contribution is 6.02. The smallest absolute Gasteiger partial charge is 0.334 e. The van der Waals surface area contributed by atoms with E-state index in [1.54, 1.807) is 0 Å². The molecule has 94 valence electrons. The molecule has 0 spiro atoms. The van der Waals surface area contributed by atoms with Gasteiger partial charge in [0.2, 0.25) is 0 Å². The zero-order valence-electron chi connectivity index (χ0n) is 9.54. The van der Waals surface area contributed by atoms with E-state index in [9.17, 15) is 19.8 Å². The number of hydrogen-bond donors (Lipinski definition) is 2. The SMILES string of the molecule is COC(=O)C1=C(C(=O)OC)C2CC1C(O)C2O. The quantitative estimate of drug-likeness (QED) is 0.603. The van der Waals surface area contributed by atoms with Crippen molar-refractivity contribution in [1.29, 1.82) is 0 Å². The van der Waals surface area contributed by atoms with Gasteiger partial charge < -0.3 is 19.7 Å². The van der Waals surface area contributed by atoms with Crippen molar-refractivity contribution in [1.82, 2.24) is 0 Å². The van der Waals surface area contributed by atoms with Crippen molar-refractivity contribution < 1.29 is 29.3 Å². The summed E-state index contributed by atoms with van der Waals surface area (Å²) in [6, 6.07) is 0. The molecule has 6 heteroatoms. The van der Waals surface area contributed by atoms with Crippen LogP contribution in [0.2, 0.25) is 0 Å². The maximum atomic E-state index is 11.6. The van der Waals surface area contributed by atoms with Crippen molar-refractivity contribution in [2.45, 2.75) is 18.6 Å². The molecule has 0 aliphatic heterocycles. The molecule has 1 fully saturated rings. The fourth-order valence-electron chi connectivity index (χ4n) is 2.75. The predicted molar refractivity (Wildman–Crippen MR) is 54.7 cm³/mol. The van der Waals surface area contributed by atoms with Crippen LogP contribution in [0.25, 0.3) is 0 Å². The molecule has 2 bridgehead atoms. The number of fused-ring (bicyclic) bond motifs is 2. The molecular weight excluding hydrogens is 228 g/mol. The molecule has 6 nitrogen and oxygen atoms in total. The number of aliphatic hydroxyl groups excluding tert-OH is 2. The summed E-state index contributed by atoms with van der Waals surface area (Å²) >= 11 is 0. The van der Waals surface area contributed by atoms with Gasteiger partial charge in [-0.3, -0.25) is 0 Å². The van der Waals surface area contributed by atoms with Crippen molar-refractivity contribution >= 4 is 11.9 Å². The minimum absolute atomic E-state index is 0.141. The van der Waals surface area contributed by atoms with Crippen LogP contribution in [-0.2, 0) is 19.1 Å². The number of hydrogen-bond acceptors (Lipinski definition) is 6. The third-order valence-electron chi connectivity index (χ3n) is 3.52. The molecule has 1 saturated carbocycles. The van der Waals surface area contributed by atoms with E-state index in [1.165, 1.54) is 14.2 Å². The first-order valence-corrected chi connectivity index (χ1v) is 5.29. The van der Waals surface area contributed by atoms with Crippen LogP contribution in [0.3, 0.4) is 0 Å². The summed E-state index contributed by atoms with van der Waals surface area (Å²) in [5.74, 6) is -2.39. The molecule has 0 heterocycles. The number of rotatable bonds is 2. The normalized spacial score (nSPS) is 35.1. The van der Waals surface area contributed by atoms with Crippen LogP contribution in [0.1, 0.15) is 6.42 Å². The van der Waals surface area contributed by atoms with E-state index in [1.807, 2.05) is 0 Å². The summed E-state index contributed by atoms with van der Waals surface area (Å²) in [6.45, 7) is 0. The minimum Gasteiger partial charge on any atom is -0.466 e. The molecule has 4 unspecified atom stereocenters. The number of carbonyl (C=O) groups excluding carboxylic acids is 2. The van der Waals surface area contributed by atoms with Gasteiger partial charge in [-0.2, -0.15) is 0 Å². The van der Waals surface area contributed by atoms with E-state index < -0.39 is 36.0 Å². The number of aliphatic hydroxyl groups is 2. The van der Waals surface area contributed by atoms with Gasteiger partial charge in [-0.05, 0) is 6.42 Å². The van der Waals surface area contributed by atoms with Crippen LogP contribution in [0.5, 0.6) is 0 Å². The molecule has 0 aromatic rings. The molecule has 0 amide bonds. The second-order valence-electron chi connectivity index (χ2n) is 4.24. The van der Waals surface area contributed by atoms with Crippen LogP contribution >= 0.6 is 0 Å². The van der Waals surface area contributed by atoms with Gasteiger partial charge in [-0.25, -0.2) is 9.59 Å². The lowest BCUT2D eigenvalue weighted by Crippen LogP contribution is -2.38. The Balaban J connectivity index is 2.47. The van der Waals surface area contributed by atoms with Crippen LogP contribution < -0.4 is 0 Å². The Labute approximate surface area is 97.8 Å². The highest BCUT2D eigenvalue weighted by Crippen LogP contribution is 2.49. The van der Waals surface area contributed by atoms with Crippen LogP contribution in [0, 0.1) is 11.8 Å². The van der Waals surface area contributed by atoms with Gasteiger partial charge in [0, 0.05) is 11.8 Å². The van der Waals surface area contributed by atoms with E-state index in [2.05, 4.69) is 9.47 Å².